The second-order valence-corrected chi connectivity index (χ2v) is 7.41. The average Bonchev–Trinajstić information content (AvgIpc) is 3.06. The van der Waals surface area contributed by atoms with E-state index in [4.69, 9.17) is 4.74 Å². The molecule has 3 aromatic heterocycles. The van der Waals surface area contributed by atoms with Crippen LogP contribution in [0.1, 0.15) is 47.4 Å². The van der Waals surface area contributed by atoms with Crippen molar-refractivity contribution in [2.45, 2.75) is 46.4 Å². The molecular weight excluding hydrogens is 378 g/mol. The molecule has 0 unspecified atom stereocenters. The highest BCUT2D eigenvalue weighted by atomic mass is 16.5. The lowest BCUT2D eigenvalue weighted by Crippen LogP contribution is -2.42. The van der Waals surface area contributed by atoms with Crippen molar-refractivity contribution < 1.29 is 14.6 Å². The van der Waals surface area contributed by atoms with Crippen molar-refractivity contribution in [1.29, 1.82) is 0 Å². The van der Waals surface area contributed by atoms with Gasteiger partial charge in [0.05, 0.1) is 19.7 Å². The first-order chi connectivity index (χ1) is 13.7. The van der Waals surface area contributed by atoms with Gasteiger partial charge < -0.3 is 15.2 Å². The van der Waals surface area contributed by atoms with Crippen LogP contribution in [0.3, 0.4) is 0 Å². The van der Waals surface area contributed by atoms with E-state index in [1.165, 1.54) is 4.57 Å². The molecule has 0 atom stereocenters. The molecule has 2 N–H and O–H groups in total. The van der Waals surface area contributed by atoms with E-state index in [0.717, 1.165) is 11.4 Å². The number of carbonyl (C=O) groups excluding carboxylic acids is 1. The van der Waals surface area contributed by atoms with Gasteiger partial charge in [0.2, 0.25) is 5.75 Å². The zero-order valence-electron chi connectivity index (χ0n) is 16.6. The minimum Gasteiger partial charge on any atom is -0.501 e. The van der Waals surface area contributed by atoms with Crippen LogP contribution in [0, 0.1) is 13.8 Å². The number of hydrogen-bond donors (Lipinski definition) is 2. The fourth-order valence-corrected chi connectivity index (χ4v) is 3.35. The van der Waals surface area contributed by atoms with Crippen molar-refractivity contribution in [2.75, 3.05) is 6.61 Å². The van der Waals surface area contributed by atoms with Crippen LogP contribution in [0.15, 0.2) is 10.9 Å². The minimum atomic E-state index is -0.857. The number of aryl methyl sites for hydroxylation is 2. The molecule has 11 heteroatoms. The van der Waals surface area contributed by atoms with Crippen LogP contribution in [0.5, 0.6) is 5.75 Å². The maximum Gasteiger partial charge on any atom is 0.296 e. The lowest BCUT2D eigenvalue weighted by Gasteiger charge is -2.32. The highest BCUT2D eigenvalue weighted by molar-refractivity contribution is 5.94. The number of nitrogens with one attached hydrogen (secondary N) is 1. The first-order valence-corrected chi connectivity index (χ1v) is 9.14. The van der Waals surface area contributed by atoms with Crippen LogP contribution in [-0.2, 0) is 23.4 Å². The number of hydrogen-bond acceptors (Lipinski definition) is 8. The van der Waals surface area contributed by atoms with E-state index in [2.05, 4.69) is 25.4 Å². The van der Waals surface area contributed by atoms with E-state index in [1.807, 2.05) is 19.9 Å². The van der Waals surface area contributed by atoms with E-state index in [9.17, 15) is 14.7 Å². The van der Waals surface area contributed by atoms with E-state index in [-0.39, 0.29) is 24.6 Å². The number of ether oxygens (including phenoxy) is 1. The molecule has 29 heavy (non-hydrogen) atoms. The zero-order chi connectivity index (χ0) is 20.9. The molecule has 0 aromatic carbocycles. The van der Waals surface area contributed by atoms with Crippen LogP contribution in [-0.4, -0.2) is 46.8 Å². The van der Waals surface area contributed by atoms with E-state index in [1.54, 1.807) is 18.4 Å². The van der Waals surface area contributed by atoms with Crippen molar-refractivity contribution in [2.24, 2.45) is 0 Å². The number of fused-ring (bicyclic) bond motifs is 2. The summed E-state index contributed by atoms with van der Waals surface area (Å²) in [6.07, 6.45) is 0. The van der Waals surface area contributed by atoms with Gasteiger partial charge in [0.25, 0.3) is 17.2 Å². The van der Waals surface area contributed by atoms with Gasteiger partial charge in [-0.1, -0.05) is 0 Å². The molecule has 0 fully saturated rings. The maximum absolute atomic E-state index is 12.6. The maximum atomic E-state index is 12.6. The van der Waals surface area contributed by atoms with Crippen molar-refractivity contribution in [3.8, 4) is 5.75 Å². The molecule has 0 radical (unpaired) electrons. The molecule has 0 saturated heterocycles. The Kier molecular flexibility index (Phi) is 4.34. The van der Waals surface area contributed by atoms with Crippen molar-refractivity contribution in [1.82, 2.24) is 34.4 Å². The highest BCUT2D eigenvalue weighted by Crippen LogP contribution is 2.27. The predicted octanol–water partition coefficient (Wildman–Crippen LogP) is 0.199. The second-order valence-electron chi connectivity index (χ2n) is 7.41. The Morgan fingerprint density at radius 2 is 2.07 bits per heavy atom. The van der Waals surface area contributed by atoms with Crippen LogP contribution in [0.2, 0.25) is 0 Å². The number of rotatable bonds is 3. The molecule has 4 heterocycles. The number of aromatic nitrogens is 6. The smallest absolute Gasteiger partial charge is 0.296 e. The summed E-state index contributed by atoms with van der Waals surface area (Å²) in [5, 5.41) is 17.1. The molecule has 0 bridgehead atoms. The van der Waals surface area contributed by atoms with E-state index >= 15 is 0 Å². The first kappa shape index (κ1) is 19.0. The summed E-state index contributed by atoms with van der Waals surface area (Å²) in [6, 6.07) is 1.87. The molecule has 0 spiro atoms. The number of carbonyl (C=O) groups is 1. The van der Waals surface area contributed by atoms with Gasteiger partial charge in [-0.2, -0.15) is 4.98 Å². The standard InChI is InChI=1S/C18H21N7O4/c1-9-7-10(2)25-17(20-9)21-11(23-25)8-19-14(27)12-13(26)15(28)24-5-6-29-18(3,4)16(24)22-12/h7,26H,5-6,8H2,1-4H3,(H,19,27). The summed E-state index contributed by atoms with van der Waals surface area (Å²) < 4.78 is 8.55. The molecule has 152 valence electrons. The van der Waals surface area contributed by atoms with Gasteiger partial charge in [0, 0.05) is 11.4 Å². The molecule has 1 aliphatic rings. The van der Waals surface area contributed by atoms with Gasteiger partial charge >= 0.3 is 0 Å². The fraction of sp³-hybridized carbons (Fsp3) is 0.444. The van der Waals surface area contributed by atoms with E-state index < -0.39 is 22.8 Å². The van der Waals surface area contributed by atoms with Gasteiger partial charge in [-0.3, -0.25) is 14.2 Å². The second kappa shape index (κ2) is 6.62. The quantitative estimate of drug-likeness (QED) is 0.637. The summed E-state index contributed by atoms with van der Waals surface area (Å²) in [4.78, 5) is 37.9. The summed E-state index contributed by atoms with van der Waals surface area (Å²) in [7, 11) is 0. The van der Waals surface area contributed by atoms with Crippen LogP contribution in [0.4, 0.5) is 0 Å². The Labute approximate surface area is 165 Å². The van der Waals surface area contributed by atoms with Crippen LogP contribution in [0.25, 0.3) is 5.78 Å². The lowest BCUT2D eigenvalue weighted by atomic mass is 10.1. The summed E-state index contributed by atoms with van der Waals surface area (Å²) in [6.45, 7) is 7.81. The Bertz CT molecular complexity index is 1200. The molecule has 3 aromatic rings. The number of aromatic hydroxyl groups is 1. The van der Waals surface area contributed by atoms with Crippen molar-refractivity contribution in [3.63, 3.8) is 0 Å². The topological polar surface area (TPSA) is 137 Å². The minimum absolute atomic E-state index is 0.0138. The van der Waals surface area contributed by atoms with Gasteiger partial charge in [-0.25, -0.2) is 14.5 Å². The monoisotopic (exact) mass is 399 g/mol. The van der Waals surface area contributed by atoms with E-state index in [0.29, 0.717) is 18.2 Å². The first-order valence-electron chi connectivity index (χ1n) is 9.14. The Hall–Kier alpha value is -3.34. The lowest BCUT2D eigenvalue weighted by molar-refractivity contribution is -0.0566. The Balaban J connectivity index is 1.62. The molecule has 4 rings (SSSR count). The van der Waals surface area contributed by atoms with Crippen LogP contribution < -0.4 is 10.9 Å². The third kappa shape index (κ3) is 3.23. The Morgan fingerprint density at radius 1 is 1.31 bits per heavy atom. The highest BCUT2D eigenvalue weighted by Gasteiger charge is 2.34. The Morgan fingerprint density at radius 3 is 2.83 bits per heavy atom. The molecule has 1 aliphatic heterocycles. The number of nitrogens with zero attached hydrogens (tertiary/aromatic N) is 6. The van der Waals surface area contributed by atoms with Crippen molar-refractivity contribution >= 4 is 11.7 Å². The van der Waals surface area contributed by atoms with Crippen LogP contribution >= 0.6 is 0 Å². The summed E-state index contributed by atoms with van der Waals surface area (Å²) >= 11 is 0. The molecule has 0 aliphatic carbocycles. The van der Waals surface area contributed by atoms with Crippen molar-refractivity contribution in [3.05, 3.63) is 45.2 Å². The van der Waals surface area contributed by atoms with Gasteiger partial charge in [0.15, 0.2) is 11.5 Å². The third-order valence-electron chi connectivity index (χ3n) is 4.75. The molecule has 1 amide bonds. The third-order valence-corrected chi connectivity index (χ3v) is 4.75. The molecular formula is C18H21N7O4. The predicted molar refractivity (Wildman–Crippen MR) is 101 cm³/mol. The largest absolute Gasteiger partial charge is 0.501 e. The zero-order valence-corrected chi connectivity index (χ0v) is 16.6. The molecule has 0 saturated carbocycles. The fourth-order valence-electron chi connectivity index (χ4n) is 3.35. The average molecular weight is 399 g/mol. The molecule has 11 nitrogen and oxygen atoms in total. The van der Waals surface area contributed by atoms with Gasteiger partial charge in [-0.15, -0.1) is 5.10 Å². The number of amides is 1. The van der Waals surface area contributed by atoms with Gasteiger partial charge in [0.1, 0.15) is 11.4 Å². The normalized spacial score (nSPS) is 15.3. The van der Waals surface area contributed by atoms with Gasteiger partial charge in [-0.05, 0) is 33.8 Å². The summed E-state index contributed by atoms with van der Waals surface area (Å²) in [5.74, 6) is -0.335. The summed E-state index contributed by atoms with van der Waals surface area (Å²) in [5.41, 5.74) is -0.204. The SMILES string of the molecule is Cc1cc(C)n2nc(CNC(=O)c3nc4n(c(=O)c3O)CCOC4(C)C)nc2n1.